The molecule has 0 unspecified atom stereocenters. The standard InChI is InChI=1S/C26H36BNO4/c1-6-7-9-14-23(28-24(29)30-19-20-12-10-8-11-13-20)21-15-17-22(18-16-21)27-31-25(2,3)26(4,5)32-27/h8,10-13,15-18,23H,6-7,9,14,19H2,1-5H3,(H,28,29)/t23-/m1/s1. The van der Waals surface area contributed by atoms with E-state index in [1.165, 1.54) is 0 Å². The second kappa shape index (κ2) is 10.5. The monoisotopic (exact) mass is 437 g/mol. The molecule has 32 heavy (non-hydrogen) atoms. The van der Waals surface area contributed by atoms with Crippen molar-refractivity contribution in [2.24, 2.45) is 0 Å². The lowest BCUT2D eigenvalue weighted by atomic mass is 9.78. The van der Waals surface area contributed by atoms with Gasteiger partial charge < -0.3 is 19.4 Å². The first kappa shape index (κ1) is 24.3. The number of hydrogen-bond donors (Lipinski definition) is 1. The highest BCUT2D eigenvalue weighted by Gasteiger charge is 2.51. The van der Waals surface area contributed by atoms with Crippen LogP contribution in [0.15, 0.2) is 54.6 Å². The lowest BCUT2D eigenvalue weighted by Crippen LogP contribution is -2.41. The minimum atomic E-state index is -0.398. The van der Waals surface area contributed by atoms with Crippen molar-refractivity contribution in [1.29, 1.82) is 0 Å². The van der Waals surface area contributed by atoms with E-state index >= 15 is 0 Å². The van der Waals surface area contributed by atoms with Crippen LogP contribution in [0.1, 0.15) is 77.5 Å². The summed E-state index contributed by atoms with van der Waals surface area (Å²) in [4.78, 5) is 12.5. The van der Waals surface area contributed by atoms with E-state index in [9.17, 15) is 4.79 Å². The van der Waals surface area contributed by atoms with Gasteiger partial charge >= 0.3 is 13.2 Å². The smallest absolute Gasteiger partial charge is 0.445 e. The van der Waals surface area contributed by atoms with Gasteiger partial charge in [-0.15, -0.1) is 0 Å². The zero-order chi connectivity index (χ0) is 23.2. The fourth-order valence-corrected chi connectivity index (χ4v) is 3.69. The molecule has 0 spiro atoms. The molecule has 6 heteroatoms. The number of benzene rings is 2. The van der Waals surface area contributed by atoms with Crippen LogP contribution in [0.25, 0.3) is 0 Å². The van der Waals surface area contributed by atoms with Crippen LogP contribution in [0.4, 0.5) is 4.79 Å². The zero-order valence-electron chi connectivity index (χ0n) is 20.0. The van der Waals surface area contributed by atoms with Crippen molar-refractivity contribution in [1.82, 2.24) is 5.32 Å². The Hall–Kier alpha value is -2.31. The lowest BCUT2D eigenvalue weighted by molar-refractivity contribution is 0.00578. The number of carbonyl (C=O) groups excluding carboxylic acids is 1. The first-order valence-corrected chi connectivity index (χ1v) is 11.6. The Bertz CT molecular complexity index is 851. The molecule has 1 N–H and O–H groups in total. The van der Waals surface area contributed by atoms with Gasteiger partial charge in [0.15, 0.2) is 0 Å². The van der Waals surface area contributed by atoms with Crippen LogP contribution in [0.3, 0.4) is 0 Å². The quantitative estimate of drug-likeness (QED) is 0.414. The SMILES string of the molecule is CCCCC[C@@H](NC(=O)OCc1ccccc1)c1ccc(B2OC(C)(C)C(C)(C)O2)cc1. The third-order valence-corrected chi connectivity index (χ3v) is 6.47. The Labute approximate surface area is 193 Å². The van der Waals surface area contributed by atoms with Crippen molar-refractivity contribution in [3.63, 3.8) is 0 Å². The number of hydrogen-bond acceptors (Lipinski definition) is 4. The first-order chi connectivity index (χ1) is 15.2. The summed E-state index contributed by atoms with van der Waals surface area (Å²) in [6.07, 6.45) is 3.77. The summed E-state index contributed by atoms with van der Waals surface area (Å²) in [5.74, 6) is 0. The van der Waals surface area contributed by atoms with Gasteiger partial charge in [-0.2, -0.15) is 0 Å². The average Bonchev–Trinajstić information content (AvgIpc) is 2.99. The summed E-state index contributed by atoms with van der Waals surface area (Å²) in [5, 5.41) is 3.05. The van der Waals surface area contributed by atoms with Gasteiger partial charge in [-0.3, -0.25) is 0 Å². The number of amides is 1. The molecule has 172 valence electrons. The highest BCUT2D eigenvalue weighted by Crippen LogP contribution is 2.36. The van der Waals surface area contributed by atoms with Crippen molar-refractivity contribution in [3.05, 3.63) is 65.7 Å². The lowest BCUT2D eigenvalue weighted by Gasteiger charge is -2.32. The fraction of sp³-hybridized carbons (Fsp3) is 0.500. The molecule has 1 heterocycles. The van der Waals surface area contributed by atoms with E-state index in [1.54, 1.807) is 0 Å². The fourth-order valence-electron chi connectivity index (χ4n) is 3.69. The van der Waals surface area contributed by atoms with Crippen molar-refractivity contribution in [2.75, 3.05) is 0 Å². The predicted molar refractivity (Wildman–Crippen MR) is 129 cm³/mol. The Kier molecular flexibility index (Phi) is 8.02. The largest absolute Gasteiger partial charge is 0.494 e. The van der Waals surface area contributed by atoms with Gasteiger partial charge in [0.05, 0.1) is 17.2 Å². The molecule has 1 fully saturated rings. The van der Waals surface area contributed by atoms with Gasteiger partial charge in [-0.1, -0.05) is 80.8 Å². The van der Waals surface area contributed by atoms with E-state index in [0.717, 1.165) is 42.3 Å². The Morgan fingerprint density at radius 3 is 2.19 bits per heavy atom. The molecule has 0 bridgehead atoms. The molecule has 3 rings (SSSR count). The number of unbranched alkanes of at least 4 members (excludes halogenated alkanes) is 2. The molecule has 0 aliphatic carbocycles. The second-order valence-corrected chi connectivity index (χ2v) is 9.51. The molecule has 0 radical (unpaired) electrons. The molecule has 0 saturated carbocycles. The van der Waals surface area contributed by atoms with E-state index in [0.29, 0.717) is 0 Å². The summed E-state index contributed by atoms with van der Waals surface area (Å²) in [6.45, 7) is 10.6. The summed E-state index contributed by atoms with van der Waals surface area (Å²) >= 11 is 0. The van der Waals surface area contributed by atoms with Crippen LogP contribution in [-0.2, 0) is 20.7 Å². The zero-order valence-corrected chi connectivity index (χ0v) is 20.0. The van der Waals surface area contributed by atoms with Crippen LogP contribution in [0, 0.1) is 0 Å². The second-order valence-electron chi connectivity index (χ2n) is 9.51. The number of alkyl carbamates (subject to hydrolysis) is 1. The molecular formula is C26H36BNO4. The molecule has 1 saturated heterocycles. The highest BCUT2D eigenvalue weighted by molar-refractivity contribution is 6.62. The van der Waals surface area contributed by atoms with Gasteiger partial charge in [0.1, 0.15) is 6.61 Å². The highest BCUT2D eigenvalue weighted by atomic mass is 16.7. The average molecular weight is 437 g/mol. The van der Waals surface area contributed by atoms with Crippen LogP contribution in [-0.4, -0.2) is 24.4 Å². The van der Waals surface area contributed by atoms with Crippen LogP contribution < -0.4 is 10.8 Å². The minimum absolute atomic E-state index is 0.0998. The van der Waals surface area contributed by atoms with Gasteiger partial charge in [-0.05, 0) is 50.7 Å². The van der Waals surface area contributed by atoms with Crippen LogP contribution in [0.5, 0.6) is 0 Å². The topological polar surface area (TPSA) is 56.8 Å². The normalized spacial score (nSPS) is 17.7. The van der Waals surface area contributed by atoms with E-state index in [1.807, 2.05) is 42.5 Å². The Balaban J connectivity index is 1.65. The molecule has 0 aromatic heterocycles. The maximum Gasteiger partial charge on any atom is 0.494 e. The van der Waals surface area contributed by atoms with Crippen molar-refractivity contribution < 1.29 is 18.8 Å². The van der Waals surface area contributed by atoms with Gasteiger partial charge in [0.2, 0.25) is 0 Å². The molecule has 1 amide bonds. The molecule has 2 aromatic carbocycles. The van der Waals surface area contributed by atoms with E-state index in [4.69, 9.17) is 14.0 Å². The van der Waals surface area contributed by atoms with Crippen LogP contribution in [0.2, 0.25) is 0 Å². The summed E-state index contributed by atoms with van der Waals surface area (Å²) in [7, 11) is -0.392. The Morgan fingerprint density at radius 2 is 1.59 bits per heavy atom. The van der Waals surface area contributed by atoms with E-state index < -0.39 is 13.2 Å². The third-order valence-electron chi connectivity index (χ3n) is 6.47. The molecule has 1 atom stereocenters. The molecule has 2 aromatic rings. The first-order valence-electron chi connectivity index (χ1n) is 11.6. The van der Waals surface area contributed by atoms with Crippen molar-refractivity contribution in [3.8, 4) is 0 Å². The summed E-state index contributed by atoms with van der Waals surface area (Å²) in [5.41, 5.74) is 2.26. The van der Waals surface area contributed by atoms with Gasteiger partial charge in [0, 0.05) is 0 Å². The number of rotatable bonds is 9. The van der Waals surface area contributed by atoms with Crippen molar-refractivity contribution in [2.45, 2.75) is 84.2 Å². The van der Waals surface area contributed by atoms with Gasteiger partial charge in [-0.25, -0.2) is 4.79 Å². The molecule has 5 nitrogen and oxygen atoms in total. The summed E-state index contributed by atoms with van der Waals surface area (Å²) < 4.78 is 17.8. The van der Waals surface area contributed by atoms with Crippen molar-refractivity contribution >= 4 is 18.7 Å². The van der Waals surface area contributed by atoms with Gasteiger partial charge in [0.25, 0.3) is 0 Å². The Morgan fingerprint density at radius 1 is 0.969 bits per heavy atom. The number of ether oxygens (including phenoxy) is 1. The maximum atomic E-state index is 12.5. The summed E-state index contributed by atoms with van der Waals surface area (Å²) in [6, 6.07) is 17.8. The number of carbonyl (C=O) groups is 1. The molecular weight excluding hydrogens is 401 g/mol. The van der Waals surface area contributed by atoms with E-state index in [2.05, 4.69) is 52.1 Å². The van der Waals surface area contributed by atoms with Crippen LogP contribution >= 0.6 is 0 Å². The third kappa shape index (κ3) is 6.14. The predicted octanol–water partition coefficient (Wildman–Crippen LogP) is 5.53. The van der Waals surface area contributed by atoms with E-state index in [-0.39, 0.29) is 23.9 Å². The molecule has 1 aliphatic rings. The number of nitrogens with one attached hydrogen (secondary N) is 1. The maximum absolute atomic E-state index is 12.5. The molecule has 1 aliphatic heterocycles. The minimum Gasteiger partial charge on any atom is -0.445 e.